The number of methoxy groups -OCH3 is 1. The molecule has 2 rings (SSSR count). The maximum Gasteiger partial charge on any atom is 0.239 e. The van der Waals surface area contributed by atoms with Crippen LogP contribution in [0.2, 0.25) is 0 Å². The van der Waals surface area contributed by atoms with Crippen LogP contribution in [0, 0.1) is 0 Å². The number of hydrogen-bond donors (Lipinski definition) is 3. The maximum atomic E-state index is 12.0. The molecule has 2 amide bonds. The van der Waals surface area contributed by atoms with Crippen LogP contribution in [0.4, 0.5) is 11.4 Å². The summed E-state index contributed by atoms with van der Waals surface area (Å²) >= 11 is 0. The molecule has 6 nitrogen and oxygen atoms in total. The molecule has 0 saturated heterocycles. The first-order valence-corrected chi connectivity index (χ1v) is 7.58. The van der Waals surface area contributed by atoms with Gasteiger partial charge < -0.3 is 20.7 Å². The summed E-state index contributed by atoms with van der Waals surface area (Å²) in [6, 6.07) is 14.9. The minimum Gasteiger partial charge on any atom is -0.495 e. The average Bonchev–Trinajstić information content (AvgIpc) is 2.58. The summed E-state index contributed by atoms with van der Waals surface area (Å²) in [5.41, 5.74) is 2.31. The van der Waals surface area contributed by atoms with Gasteiger partial charge in [0.1, 0.15) is 5.75 Å². The Morgan fingerprint density at radius 3 is 2.50 bits per heavy atom. The van der Waals surface area contributed by atoms with Gasteiger partial charge in [-0.2, -0.15) is 0 Å². The number of amides is 2. The Kier molecular flexibility index (Phi) is 6.19. The van der Waals surface area contributed by atoms with Gasteiger partial charge in [0.25, 0.3) is 0 Å². The SMILES string of the molecule is COc1ccc(NC(C)=O)cc1NCC(=O)NCc1ccccc1. The molecule has 2 aromatic carbocycles. The zero-order valence-corrected chi connectivity index (χ0v) is 13.8. The molecule has 0 unspecified atom stereocenters. The highest BCUT2D eigenvalue weighted by Gasteiger charge is 2.07. The van der Waals surface area contributed by atoms with Crippen LogP contribution in [0.1, 0.15) is 12.5 Å². The number of ether oxygens (including phenoxy) is 1. The van der Waals surface area contributed by atoms with Crippen molar-refractivity contribution in [2.45, 2.75) is 13.5 Å². The third kappa shape index (κ3) is 5.31. The fourth-order valence-electron chi connectivity index (χ4n) is 2.16. The van der Waals surface area contributed by atoms with E-state index in [4.69, 9.17) is 4.74 Å². The van der Waals surface area contributed by atoms with Crippen LogP contribution in [0.3, 0.4) is 0 Å². The Labute approximate surface area is 141 Å². The highest BCUT2D eigenvalue weighted by Crippen LogP contribution is 2.27. The lowest BCUT2D eigenvalue weighted by molar-refractivity contribution is -0.119. The molecule has 0 aliphatic heterocycles. The molecule has 24 heavy (non-hydrogen) atoms. The smallest absolute Gasteiger partial charge is 0.239 e. The number of nitrogens with one attached hydrogen (secondary N) is 3. The predicted molar refractivity (Wildman–Crippen MR) is 94.1 cm³/mol. The van der Waals surface area contributed by atoms with Gasteiger partial charge in [-0.15, -0.1) is 0 Å². The second kappa shape index (κ2) is 8.57. The van der Waals surface area contributed by atoms with Crippen molar-refractivity contribution < 1.29 is 14.3 Å². The highest BCUT2D eigenvalue weighted by molar-refractivity contribution is 5.90. The maximum absolute atomic E-state index is 12.0. The molecule has 0 aliphatic rings. The molecule has 0 heterocycles. The van der Waals surface area contributed by atoms with Crippen molar-refractivity contribution in [2.24, 2.45) is 0 Å². The average molecular weight is 327 g/mol. The van der Waals surface area contributed by atoms with Crippen LogP contribution in [-0.2, 0) is 16.1 Å². The number of anilines is 2. The summed E-state index contributed by atoms with van der Waals surface area (Å²) in [7, 11) is 1.55. The van der Waals surface area contributed by atoms with Gasteiger partial charge >= 0.3 is 0 Å². The Hall–Kier alpha value is -3.02. The third-order valence-electron chi connectivity index (χ3n) is 3.29. The van der Waals surface area contributed by atoms with E-state index in [2.05, 4.69) is 16.0 Å². The number of rotatable bonds is 7. The quantitative estimate of drug-likeness (QED) is 0.729. The van der Waals surface area contributed by atoms with Crippen LogP contribution in [0.25, 0.3) is 0 Å². The number of hydrogen-bond acceptors (Lipinski definition) is 4. The summed E-state index contributed by atoms with van der Waals surface area (Å²) in [5.74, 6) is 0.303. The van der Waals surface area contributed by atoms with Crippen molar-refractivity contribution >= 4 is 23.2 Å². The van der Waals surface area contributed by atoms with Crippen LogP contribution in [0.15, 0.2) is 48.5 Å². The fourth-order valence-corrected chi connectivity index (χ4v) is 2.16. The van der Waals surface area contributed by atoms with Crippen LogP contribution >= 0.6 is 0 Å². The van der Waals surface area contributed by atoms with Gasteiger partial charge in [0.05, 0.1) is 19.3 Å². The molecule has 0 atom stereocenters. The molecule has 2 aromatic rings. The first kappa shape index (κ1) is 17.3. The summed E-state index contributed by atoms with van der Waals surface area (Å²) in [4.78, 5) is 23.1. The van der Waals surface area contributed by atoms with E-state index in [0.717, 1.165) is 5.56 Å². The van der Waals surface area contributed by atoms with E-state index < -0.39 is 0 Å². The lowest BCUT2D eigenvalue weighted by Gasteiger charge is -2.13. The first-order valence-electron chi connectivity index (χ1n) is 7.58. The number of carbonyl (C=O) groups excluding carboxylic acids is 2. The van der Waals surface area contributed by atoms with Gasteiger partial charge in [0, 0.05) is 19.2 Å². The molecule has 0 saturated carbocycles. The first-order chi connectivity index (χ1) is 11.6. The minimum atomic E-state index is -0.160. The molecule has 0 aliphatic carbocycles. The normalized spacial score (nSPS) is 9.92. The minimum absolute atomic E-state index is 0.104. The Morgan fingerprint density at radius 1 is 1.08 bits per heavy atom. The van der Waals surface area contributed by atoms with E-state index in [-0.39, 0.29) is 18.4 Å². The van der Waals surface area contributed by atoms with Gasteiger partial charge in [-0.3, -0.25) is 9.59 Å². The van der Waals surface area contributed by atoms with Gasteiger partial charge in [0.2, 0.25) is 11.8 Å². The molecule has 126 valence electrons. The Morgan fingerprint density at radius 2 is 1.83 bits per heavy atom. The van der Waals surface area contributed by atoms with Crippen LogP contribution in [-0.4, -0.2) is 25.5 Å². The van der Waals surface area contributed by atoms with Crippen LogP contribution in [0.5, 0.6) is 5.75 Å². The van der Waals surface area contributed by atoms with Crippen molar-refractivity contribution in [1.82, 2.24) is 5.32 Å². The summed E-state index contributed by atoms with van der Waals surface area (Å²) < 4.78 is 5.26. The van der Waals surface area contributed by atoms with Crippen molar-refractivity contribution in [3.8, 4) is 5.75 Å². The van der Waals surface area contributed by atoms with Gasteiger partial charge in [-0.25, -0.2) is 0 Å². The van der Waals surface area contributed by atoms with Gasteiger partial charge in [-0.05, 0) is 23.8 Å². The standard InChI is InChI=1S/C18H21N3O3/c1-13(22)21-15-8-9-17(24-2)16(10-15)19-12-18(23)20-11-14-6-4-3-5-7-14/h3-10,19H,11-12H2,1-2H3,(H,20,23)(H,21,22). The van der Waals surface area contributed by atoms with Crippen molar-refractivity contribution in [2.75, 3.05) is 24.3 Å². The Balaban J connectivity index is 1.92. The fraction of sp³-hybridized carbons (Fsp3) is 0.222. The molecule has 3 N–H and O–H groups in total. The largest absolute Gasteiger partial charge is 0.495 e. The topological polar surface area (TPSA) is 79.5 Å². The summed E-state index contributed by atoms with van der Waals surface area (Å²) in [5, 5.41) is 8.56. The van der Waals surface area contributed by atoms with E-state index in [0.29, 0.717) is 23.7 Å². The molecule has 6 heteroatoms. The Bertz CT molecular complexity index is 702. The van der Waals surface area contributed by atoms with Crippen molar-refractivity contribution in [1.29, 1.82) is 0 Å². The predicted octanol–water partition coefficient (Wildman–Crippen LogP) is 2.38. The third-order valence-corrected chi connectivity index (χ3v) is 3.29. The van der Waals surface area contributed by atoms with Crippen LogP contribution < -0.4 is 20.7 Å². The van der Waals surface area contributed by atoms with E-state index in [9.17, 15) is 9.59 Å². The number of carbonyl (C=O) groups is 2. The summed E-state index contributed by atoms with van der Waals surface area (Å²) in [6.07, 6.45) is 0. The molecule has 0 spiro atoms. The molecule has 0 bridgehead atoms. The zero-order valence-electron chi connectivity index (χ0n) is 13.8. The molecular weight excluding hydrogens is 306 g/mol. The van der Waals surface area contributed by atoms with Crippen molar-refractivity contribution in [3.05, 3.63) is 54.1 Å². The monoisotopic (exact) mass is 327 g/mol. The lowest BCUT2D eigenvalue weighted by Crippen LogP contribution is -2.29. The highest BCUT2D eigenvalue weighted by atomic mass is 16.5. The van der Waals surface area contributed by atoms with Crippen molar-refractivity contribution in [3.63, 3.8) is 0 Å². The van der Waals surface area contributed by atoms with E-state index in [1.165, 1.54) is 6.92 Å². The second-order valence-electron chi connectivity index (χ2n) is 5.21. The zero-order chi connectivity index (χ0) is 17.4. The van der Waals surface area contributed by atoms with Gasteiger partial charge in [0.15, 0.2) is 0 Å². The van der Waals surface area contributed by atoms with E-state index in [1.54, 1.807) is 25.3 Å². The molecule has 0 aromatic heterocycles. The molecule has 0 radical (unpaired) electrons. The molecular formula is C18H21N3O3. The second-order valence-corrected chi connectivity index (χ2v) is 5.21. The molecule has 0 fully saturated rings. The summed E-state index contributed by atoms with van der Waals surface area (Å²) in [6.45, 7) is 2.02. The number of benzene rings is 2. The van der Waals surface area contributed by atoms with E-state index >= 15 is 0 Å². The van der Waals surface area contributed by atoms with Gasteiger partial charge in [-0.1, -0.05) is 30.3 Å². The lowest BCUT2D eigenvalue weighted by atomic mass is 10.2. The van der Waals surface area contributed by atoms with E-state index in [1.807, 2.05) is 30.3 Å².